The van der Waals surface area contributed by atoms with Crippen LogP contribution >= 0.6 is 0 Å². The van der Waals surface area contributed by atoms with Gasteiger partial charge in [0.1, 0.15) is 12.0 Å². The Kier molecular flexibility index (Phi) is 4.18. The number of nitrogens with one attached hydrogen (secondary N) is 1. The van der Waals surface area contributed by atoms with Crippen molar-refractivity contribution in [1.29, 1.82) is 0 Å². The molecule has 0 spiro atoms. The molecule has 1 heterocycles. The van der Waals surface area contributed by atoms with E-state index in [4.69, 9.17) is 10.5 Å². The van der Waals surface area contributed by atoms with Crippen molar-refractivity contribution in [3.05, 3.63) is 36.2 Å². The molecule has 1 aromatic heterocycles. The number of benzene rings is 1. The molecule has 2 rings (SSSR count). The van der Waals surface area contributed by atoms with Crippen LogP contribution in [-0.4, -0.2) is 16.6 Å². The fraction of sp³-hybridized carbons (Fsp3) is 0.286. The molecule has 0 saturated carbocycles. The van der Waals surface area contributed by atoms with Gasteiger partial charge in [-0.25, -0.2) is 4.98 Å². The molecule has 0 fully saturated rings. The Morgan fingerprint density at radius 3 is 2.63 bits per heavy atom. The van der Waals surface area contributed by atoms with Gasteiger partial charge in [-0.05, 0) is 25.5 Å². The number of nitrogen functional groups attached to an aromatic ring is 1. The van der Waals surface area contributed by atoms with Gasteiger partial charge in [0.15, 0.2) is 5.82 Å². The minimum absolute atomic E-state index is 0.423. The maximum absolute atomic E-state index is 5.99. The van der Waals surface area contributed by atoms with E-state index < -0.39 is 0 Å². The summed E-state index contributed by atoms with van der Waals surface area (Å²) in [7, 11) is 0. The molecule has 5 heteroatoms. The second kappa shape index (κ2) is 6.04. The molecule has 0 bridgehead atoms. The van der Waals surface area contributed by atoms with Gasteiger partial charge in [0.2, 0.25) is 5.88 Å². The van der Waals surface area contributed by atoms with Crippen molar-refractivity contribution < 1.29 is 4.74 Å². The highest BCUT2D eigenvalue weighted by molar-refractivity contribution is 5.72. The summed E-state index contributed by atoms with van der Waals surface area (Å²) in [5.74, 6) is 0.983. The molecule has 0 aliphatic heterocycles. The van der Waals surface area contributed by atoms with Crippen LogP contribution in [0, 0.1) is 6.92 Å². The summed E-state index contributed by atoms with van der Waals surface area (Å²) >= 11 is 0. The van der Waals surface area contributed by atoms with Crippen molar-refractivity contribution in [2.45, 2.75) is 20.3 Å². The quantitative estimate of drug-likeness (QED) is 0.862. The first-order chi connectivity index (χ1) is 9.20. The van der Waals surface area contributed by atoms with Crippen LogP contribution in [0.4, 0.5) is 17.2 Å². The number of ether oxygens (including phenoxy) is 1. The van der Waals surface area contributed by atoms with Gasteiger partial charge in [0.05, 0.1) is 6.61 Å². The van der Waals surface area contributed by atoms with E-state index >= 15 is 0 Å². The lowest BCUT2D eigenvalue weighted by molar-refractivity contribution is 0.307. The molecule has 5 nitrogen and oxygen atoms in total. The number of hydrogen-bond donors (Lipinski definition) is 2. The van der Waals surface area contributed by atoms with E-state index in [2.05, 4.69) is 15.3 Å². The Morgan fingerprint density at radius 2 is 1.95 bits per heavy atom. The average Bonchev–Trinajstić information content (AvgIpc) is 2.42. The van der Waals surface area contributed by atoms with E-state index in [1.54, 1.807) is 0 Å². The molecule has 0 saturated heterocycles. The van der Waals surface area contributed by atoms with Gasteiger partial charge in [0, 0.05) is 5.69 Å². The monoisotopic (exact) mass is 258 g/mol. The summed E-state index contributed by atoms with van der Waals surface area (Å²) in [4.78, 5) is 8.17. The van der Waals surface area contributed by atoms with E-state index in [-0.39, 0.29) is 0 Å². The second-order valence-electron chi connectivity index (χ2n) is 4.28. The number of anilines is 3. The molecule has 0 unspecified atom stereocenters. The van der Waals surface area contributed by atoms with Crippen molar-refractivity contribution in [2.24, 2.45) is 0 Å². The first-order valence-electron chi connectivity index (χ1n) is 6.27. The number of rotatable bonds is 5. The Morgan fingerprint density at radius 1 is 1.21 bits per heavy atom. The zero-order chi connectivity index (χ0) is 13.7. The molecular weight excluding hydrogens is 240 g/mol. The molecule has 0 aliphatic carbocycles. The number of aromatic nitrogens is 2. The molecule has 100 valence electrons. The summed E-state index contributed by atoms with van der Waals surface area (Å²) in [5, 5.41) is 3.16. The fourth-order valence-electron chi connectivity index (χ4n) is 1.57. The first-order valence-corrected chi connectivity index (χ1v) is 6.27. The van der Waals surface area contributed by atoms with E-state index in [1.165, 1.54) is 11.9 Å². The zero-order valence-corrected chi connectivity index (χ0v) is 11.2. The maximum atomic E-state index is 5.99. The van der Waals surface area contributed by atoms with Crippen LogP contribution in [0.2, 0.25) is 0 Å². The highest BCUT2D eigenvalue weighted by Crippen LogP contribution is 2.27. The molecule has 3 N–H and O–H groups in total. The smallest absolute Gasteiger partial charge is 0.242 e. The Balaban J connectivity index is 2.18. The zero-order valence-electron chi connectivity index (χ0n) is 11.2. The SMILES string of the molecule is CCCOc1ncnc(Nc2ccc(C)cc2)c1N. The fourth-order valence-corrected chi connectivity index (χ4v) is 1.57. The van der Waals surface area contributed by atoms with E-state index in [0.29, 0.717) is 24.0 Å². The summed E-state index contributed by atoms with van der Waals surface area (Å²) in [6, 6.07) is 8.00. The second-order valence-corrected chi connectivity index (χ2v) is 4.28. The number of nitrogens with two attached hydrogens (primary N) is 1. The van der Waals surface area contributed by atoms with Gasteiger partial charge in [-0.3, -0.25) is 0 Å². The minimum atomic E-state index is 0.423. The van der Waals surface area contributed by atoms with Gasteiger partial charge in [-0.2, -0.15) is 4.98 Å². The lowest BCUT2D eigenvalue weighted by atomic mass is 10.2. The van der Waals surface area contributed by atoms with E-state index in [1.807, 2.05) is 38.1 Å². The minimum Gasteiger partial charge on any atom is -0.476 e. The lowest BCUT2D eigenvalue weighted by Gasteiger charge is -2.11. The van der Waals surface area contributed by atoms with Gasteiger partial charge < -0.3 is 15.8 Å². The summed E-state index contributed by atoms with van der Waals surface area (Å²) in [6.45, 7) is 4.66. The van der Waals surface area contributed by atoms with Crippen molar-refractivity contribution in [3.63, 3.8) is 0 Å². The van der Waals surface area contributed by atoms with Crippen LogP contribution in [0.1, 0.15) is 18.9 Å². The average molecular weight is 258 g/mol. The first kappa shape index (κ1) is 13.1. The third-order valence-electron chi connectivity index (χ3n) is 2.60. The van der Waals surface area contributed by atoms with E-state index in [0.717, 1.165) is 12.1 Å². The maximum Gasteiger partial charge on any atom is 0.242 e. The Hall–Kier alpha value is -2.30. The van der Waals surface area contributed by atoms with Gasteiger partial charge in [-0.1, -0.05) is 24.6 Å². The van der Waals surface area contributed by atoms with Gasteiger partial charge in [-0.15, -0.1) is 0 Å². The third kappa shape index (κ3) is 3.34. The molecule has 0 aliphatic rings. The highest BCUT2D eigenvalue weighted by Gasteiger charge is 2.09. The lowest BCUT2D eigenvalue weighted by Crippen LogP contribution is -2.05. The number of hydrogen-bond acceptors (Lipinski definition) is 5. The number of aryl methyl sites for hydroxylation is 1. The van der Waals surface area contributed by atoms with Crippen LogP contribution in [0.15, 0.2) is 30.6 Å². The molecule has 0 atom stereocenters. The van der Waals surface area contributed by atoms with Crippen molar-refractivity contribution in [2.75, 3.05) is 17.7 Å². The van der Waals surface area contributed by atoms with Crippen molar-refractivity contribution >= 4 is 17.2 Å². The largest absolute Gasteiger partial charge is 0.476 e. The predicted molar refractivity (Wildman–Crippen MR) is 76.7 cm³/mol. The topological polar surface area (TPSA) is 73.1 Å². The van der Waals surface area contributed by atoms with Gasteiger partial charge in [0.25, 0.3) is 0 Å². The summed E-state index contributed by atoms with van der Waals surface area (Å²) < 4.78 is 5.47. The van der Waals surface area contributed by atoms with E-state index in [9.17, 15) is 0 Å². The third-order valence-corrected chi connectivity index (χ3v) is 2.60. The summed E-state index contributed by atoms with van der Waals surface area (Å²) in [5.41, 5.74) is 8.55. The highest BCUT2D eigenvalue weighted by atomic mass is 16.5. The molecule has 19 heavy (non-hydrogen) atoms. The molecule has 2 aromatic rings. The molecule has 0 radical (unpaired) electrons. The van der Waals surface area contributed by atoms with Crippen LogP contribution in [0.5, 0.6) is 5.88 Å². The molecular formula is C14H18N4O. The van der Waals surface area contributed by atoms with Crippen LogP contribution in [0.3, 0.4) is 0 Å². The Bertz CT molecular complexity index is 540. The molecule has 0 amide bonds. The Labute approximate surface area is 112 Å². The van der Waals surface area contributed by atoms with Crippen LogP contribution in [-0.2, 0) is 0 Å². The molecule has 1 aromatic carbocycles. The van der Waals surface area contributed by atoms with Crippen molar-refractivity contribution in [3.8, 4) is 5.88 Å². The van der Waals surface area contributed by atoms with Gasteiger partial charge >= 0.3 is 0 Å². The van der Waals surface area contributed by atoms with Crippen LogP contribution in [0.25, 0.3) is 0 Å². The normalized spacial score (nSPS) is 10.2. The standard InChI is InChI=1S/C14H18N4O/c1-3-8-19-14-12(15)13(16-9-17-14)18-11-6-4-10(2)5-7-11/h4-7,9H,3,8,15H2,1-2H3,(H,16,17,18). The van der Waals surface area contributed by atoms with Crippen molar-refractivity contribution in [1.82, 2.24) is 9.97 Å². The predicted octanol–water partition coefficient (Wildman–Crippen LogP) is 2.90. The number of nitrogens with zero attached hydrogens (tertiary/aromatic N) is 2. The summed E-state index contributed by atoms with van der Waals surface area (Å²) in [6.07, 6.45) is 2.35. The van der Waals surface area contributed by atoms with Crippen LogP contribution < -0.4 is 15.8 Å².